The zero-order valence-electron chi connectivity index (χ0n) is 8.85. The Morgan fingerprint density at radius 2 is 1.58 bits per heavy atom. The molecule has 0 unspecified atom stereocenters. The molecule has 0 bridgehead atoms. The minimum absolute atomic E-state index is 0.208. The summed E-state index contributed by atoms with van der Waals surface area (Å²) in [4.78, 5) is 0. The Morgan fingerprint density at radius 1 is 1.08 bits per heavy atom. The second-order valence-electron chi connectivity index (χ2n) is 3.78. The Balaban J connectivity index is 3.80. The SMILES string of the molecule is CCCCC(C)(COC)COC. The van der Waals surface area contributed by atoms with Gasteiger partial charge in [0.2, 0.25) is 0 Å². The zero-order chi connectivity index (χ0) is 9.45. The minimum Gasteiger partial charge on any atom is -0.384 e. The fraction of sp³-hybridized carbons (Fsp3) is 1.00. The van der Waals surface area contributed by atoms with Crippen molar-refractivity contribution in [1.82, 2.24) is 0 Å². The highest BCUT2D eigenvalue weighted by molar-refractivity contribution is 4.72. The first-order valence-corrected chi connectivity index (χ1v) is 4.66. The van der Waals surface area contributed by atoms with Gasteiger partial charge in [0.25, 0.3) is 0 Å². The lowest BCUT2D eigenvalue weighted by Crippen LogP contribution is -2.28. The smallest absolute Gasteiger partial charge is 0.0538 e. The average molecular weight is 174 g/mol. The largest absolute Gasteiger partial charge is 0.384 e. The molecule has 2 nitrogen and oxygen atoms in total. The van der Waals surface area contributed by atoms with Crippen LogP contribution in [0.25, 0.3) is 0 Å². The Bertz CT molecular complexity index is 96.0. The van der Waals surface area contributed by atoms with Gasteiger partial charge >= 0.3 is 0 Å². The molecule has 0 heterocycles. The number of hydrogen-bond acceptors (Lipinski definition) is 2. The third-order valence-electron chi connectivity index (χ3n) is 2.12. The Morgan fingerprint density at radius 3 is 1.92 bits per heavy atom. The molecule has 12 heavy (non-hydrogen) atoms. The summed E-state index contributed by atoms with van der Waals surface area (Å²) >= 11 is 0. The monoisotopic (exact) mass is 174 g/mol. The summed E-state index contributed by atoms with van der Waals surface area (Å²) in [6.07, 6.45) is 3.68. The molecule has 0 aromatic carbocycles. The van der Waals surface area contributed by atoms with E-state index in [9.17, 15) is 0 Å². The Kier molecular flexibility index (Phi) is 6.39. The third kappa shape index (κ3) is 4.73. The lowest BCUT2D eigenvalue weighted by atomic mass is 9.87. The van der Waals surface area contributed by atoms with Crippen molar-refractivity contribution in [2.75, 3.05) is 27.4 Å². The van der Waals surface area contributed by atoms with E-state index in [1.165, 1.54) is 19.3 Å². The van der Waals surface area contributed by atoms with Crippen molar-refractivity contribution in [3.05, 3.63) is 0 Å². The second kappa shape index (κ2) is 6.44. The maximum absolute atomic E-state index is 5.18. The van der Waals surface area contributed by atoms with Gasteiger partial charge in [-0.3, -0.25) is 0 Å². The molecule has 0 fully saturated rings. The second-order valence-corrected chi connectivity index (χ2v) is 3.78. The molecular weight excluding hydrogens is 152 g/mol. The van der Waals surface area contributed by atoms with E-state index in [-0.39, 0.29) is 5.41 Å². The Hall–Kier alpha value is -0.0800. The fourth-order valence-corrected chi connectivity index (χ4v) is 1.49. The first-order valence-electron chi connectivity index (χ1n) is 4.66. The quantitative estimate of drug-likeness (QED) is 0.590. The molecule has 0 atom stereocenters. The number of ether oxygens (including phenoxy) is 2. The van der Waals surface area contributed by atoms with Crippen LogP contribution in [0.1, 0.15) is 33.1 Å². The molecule has 0 rings (SSSR count). The van der Waals surface area contributed by atoms with Crippen molar-refractivity contribution in [2.45, 2.75) is 33.1 Å². The molecule has 0 radical (unpaired) electrons. The van der Waals surface area contributed by atoms with Gasteiger partial charge in [-0.1, -0.05) is 26.7 Å². The summed E-state index contributed by atoms with van der Waals surface area (Å²) in [5, 5.41) is 0. The van der Waals surface area contributed by atoms with Gasteiger partial charge in [-0.15, -0.1) is 0 Å². The molecule has 0 aromatic heterocycles. The highest BCUT2D eigenvalue weighted by atomic mass is 16.5. The summed E-state index contributed by atoms with van der Waals surface area (Å²) in [5.41, 5.74) is 0.208. The highest BCUT2D eigenvalue weighted by Gasteiger charge is 2.23. The van der Waals surface area contributed by atoms with Crippen LogP contribution in [0.15, 0.2) is 0 Å². The van der Waals surface area contributed by atoms with Crippen LogP contribution in [0.3, 0.4) is 0 Å². The van der Waals surface area contributed by atoms with E-state index in [0.29, 0.717) is 0 Å². The molecule has 74 valence electrons. The van der Waals surface area contributed by atoms with Crippen LogP contribution in [-0.4, -0.2) is 27.4 Å². The Labute approximate surface area is 76.3 Å². The molecule has 0 aromatic rings. The predicted molar refractivity (Wildman–Crippen MR) is 51.4 cm³/mol. The molecule has 0 amide bonds. The van der Waals surface area contributed by atoms with Crippen molar-refractivity contribution >= 4 is 0 Å². The normalized spacial score (nSPS) is 12.0. The lowest BCUT2D eigenvalue weighted by molar-refractivity contribution is 0.0154. The van der Waals surface area contributed by atoms with E-state index in [4.69, 9.17) is 9.47 Å². The van der Waals surface area contributed by atoms with Crippen molar-refractivity contribution in [1.29, 1.82) is 0 Å². The first-order chi connectivity index (χ1) is 5.68. The molecular formula is C10H22O2. The van der Waals surface area contributed by atoms with Crippen molar-refractivity contribution in [3.8, 4) is 0 Å². The van der Waals surface area contributed by atoms with Gasteiger partial charge in [0, 0.05) is 19.6 Å². The zero-order valence-corrected chi connectivity index (χ0v) is 8.85. The van der Waals surface area contributed by atoms with Crippen LogP contribution in [0.4, 0.5) is 0 Å². The van der Waals surface area contributed by atoms with Crippen LogP contribution in [0.5, 0.6) is 0 Å². The molecule has 0 spiro atoms. The first kappa shape index (κ1) is 11.9. The van der Waals surface area contributed by atoms with Gasteiger partial charge in [-0.2, -0.15) is 0 Å². The minimum atomic E-state index is 0.208. The number of unbranched alkanes of at least 4 members (excludes halogenated alkanes) is 1. The maximum atomic E-state index is 5.18. The summed E-state index contributed by atoms with van der Waals surface area (Å²) in [6, 6.07) is 0. The van der Waals surface area contributed by atoms with Gasteiger partial charge < -0.3 is 9.47 Å². The molecule has 0 saturated carbocycles. The number of hydrogen-bond donors (Lipinski definition) is 0. The molecule has 0 aliphatic heterocycles. The maximum Gasteiger partial charge on any atom is 0.0538 e. The lowest BCUT2D eigenvalue weighted by Gasteiger charge is -2.27. The van der Waals surface area contributed by atoms with Crippen LogP contribution < -0.4 is 0 Å². The summed E-state index contributed by atoms with van der Waals surface area (Å²) < 4.78 is 10.4. The van der Waals surface area contributed by atoms with Crippen LogP contribution in [0.2, 0.25) is 0 Å². The highest BCUT2D eigenvalue weighted by Crippen LogP contribution is 2.24. The van der Waals surface area contributed by atoms with Gasteiger partial charge in [-0.25, -0.2) is 0 Å². The summed E-state index contributed by atoms with van der Waals surface area (Å²) in [5.74, 6) is 0. The number of rotatable bonds is 7. The molecule has 0 aliphatic rings. The van der Waals surface area contributed by atoms with E-state index >= 15 is 0 Å². The number of methoxy groups -OCH3 is 2. The van der Waals surface area contributed by atoms with Crippen LogP contribution >= 0.6 is 0 Å². The summed E-state index contributed by atoms with van der Waals surface area (Å²) in [6.45, 7) is 6.01. The van der Waals surface area contributed by atoms with E-state index in [1.54, 1.807) is 14.2 Å². The third-order valence-corrected chi connectivity index (χ3v) is 2.12. The molecule has 2 heteroatoms. The topological polar surface area (TPSA) is 18.5 Å². The van der Waals surface area contributed by atoms with E-state index in [2.05, 4.69) is 13.8 Å². The van der Waals surface area contributed by atoms with Crippen molar-refractivity contribution < 1.29 is 9.47 Å². The molecule has 0 saturated heterocycles. The van der Waals surface area contributed by atoms with E-state index in [0.717, 1.165) is 13.2 Å². The van der Waals surface area contributed by atoms with Gasteiger partial charge in [0.15, 0.2) is 0 Å². The predicted octanol–water partition coefficient (Wildman–Crippen LogP) is 2.48. The standard InChI is InChI=1S/C10H22O2/c1-5-6-7-10(2,8-11-3)9-12-4/h5-9H2,1-4H3. The van der Waals surface area contributed by atoms with Crippen molar-refractivity contribution in [3.63, 3.8) is 0 Å². The average Bonchev–Trinajstić information content (AvgIpc) is 2.02. The van der Waals surface area contributed by atoms with Gasteiger partial charge in [-0.05, 0) is 6.42 Å². The van der Waals surface area contributed by atoms with Gasteiger partial charge in [0.1, 0.15) is 0 Å². The fourth-order valence-electron chi connectivity index (χ4n) is 1.49. The van der Waals surface area contributed by atoms with Crippen LogP contribution in [-0.2, 0) is 9.47 Å². The van der Waals surface area contributed by atoms with Gasteiger partial charge in [0.05, 0.1) is 13.2 Å². The van der Waals surface area contributed by atoms with E-state index < -0.39 is 0 Å². The molecule has 0 N–H and O–H groups in total. The summed E-state index contributed by atoms with van der Waals surface area (Å²) in [7, 11) is 3.50. The van der Waals surface area contributed by atoms with Crippen LogP contribution in [0, 0.1) is 5.41 Å². The van der Waals surface area contributed by atoms with Crippen molar-refractivity contribution in [2.24, 2.45) is 5.41 Å². The van der Waals surface area contributed by atoms with E-state index in [1.807, 2.05) is 0 Å². The molecule has 0 aliphatic carbocycles.